The Labute approximate surface area is 115 Å². The van der Waals surface area contributed by atoms with E-state index in [1.54, 1.807) is 6.92 Å². The molecule has 0 aromatic carbocycles. The van der Waals surface area contributed by atoms with E-state index in [0.29, 0.717) is 12.8 Å². The number of carbonyl (C=O) groups is 2. The van der Waals surface area contributed by atoms with E-state index in [1.165, 1.54) is 0 Å². The summed E-state index contributed by atoms with van der Waals surface area (Å²) < 4.78 is 10.5. The third-order valence-electron chi connectivity index (χ3n) is 3.19. The molecule has 0 aliphatic carbocycles. The molecule has 0 amide bonds. The molecule has 0 aromatic heterocycles. The van der Waals surface area contributed by atoms with Crippen LogP contribution in [0.4, 0.5) is 0 Å². The van der Waals surface area contributed by atoms with Gasteiger partial charge in [0.05, 0.1) is 19.1 Å². The zero-order valence-electron chi connectivity index (χ0n) is 12.4. The van der Waals surface area contributed by atoms with Crippen LogP contribution in [0.2, 0.25) is 0 Å². The number of aliphatic hydroxyl groups excluding tert-OH is 1. The summed E-state index contributed by atoms with van der Waals surface area (Å²) in [7, 11) is 0. The van der Waals surface area contributed by atoms with Gasteiger partial charge in [-0.2, -0.15) is 0 Å². The quantitative estimate of drug-likeness (QED) is 0.652. The molecule has 0 aliphatic rings. The molecule has 112 valence electrons. The molecule has 0 saturated carbocycles. The van der Waals surface area contributed by atoms with Gasteiger partial charge in [0.1, 0.15) is 5.60 Å². The van der Waals surface area contributed by atoms with Crippen LogP contribution in [0.1, 0.15) is 59.8 Å². The highest BCUT2D eigenvalue weighted by Crippen LogP contribution is 2.23. The first-order valence-corrected chi connectivity index (χ1v) is 6.89. The molecule has 2 atom stereocenters. The van der Waals surface area contributed by atoms with Crippen molar-refractivity contribution in [1.29, 1.82) is 0 Å². The molecule has 0 heterocycles. The van der Waals surface area contributed by atoms with E-state index < -0.39 is 11.6 Å². The molecule has 1 N–H and O–H groups in total. The number of rotatable bonds is 9. The fourth-order valence-electron chi connectivity index (χ4n) is 1.45. The summed E-state index contributed by atoms with van der Waals surface area (Å²) in [5, 5.41) is 8.68. The molecule has 0 radical (unpaired) electrons. The second kappa shape index (κ2) is 8.91. The van der Waals surface area contributed by atoms with Crippen LogP contribution < -0.4 is 0 Å². The summed E-state index contributed by atoms with van der Waals surface area (Å²) >= 11 is 0. The molecular formula is C14H26O5. The van der Waals surface area contributed by atoms with E-state index in [2.05, 4.69) is 0 Å². The molecule has 5 nitrogen and oxygen atoms in total. The third kappa shape index (κ3) is 7.82. The summed E-state index contributed by atoms with van der Waals surface area (Å²) in [5.41, 5.74) is -0.680. The highest BCUT2D eigenvalue weighted by molar-refractivity contribution is 5.71. The summed E-state index contributed by atoms with van der Waals surface area (Å²) in [6.07, 6.45) is 1.93. The zero-order chi connectivity index (χ0) is 14.9. The van der Waals surface area contributed by atoms with E-state index >= 15 is 0 Å². The van der Waals surface area contributed by atoms with Gasteiger partial charge in [0.25, 0.3) is 0 Å². The number of hydrogen-bond donors (Lipinski definition) is 1. The van der Waals surface area contributed by atoms with Crippen molar-refractivity contribution in [2.45, 2.75) is 71.5 Å². The first-order valence-electron chi connectivity index (χ1n) is 6.89. The Morgan fingerprint density at radius 1 is 1.21 bits per heavy atom. The predicted molar refractivity (Wildman–Crippen MR) is 71.6 cm³/mol. The smallest absolute Gasteiger partial charge is 0.308 e. The lowest BCUT2D eigenvalue weighted by molar-refractivity contribution is -0.163. The van der Waals surface area contributed by atoms with E-state index in [9.17, 15) is 9.59 Å². The van der Waals surface area contributed by atoms with Gasteiger partial charge in [-0.25, -0.2) is 0 Å². The largest absolute Gasteiger partial charge is 0.463 e. The van der Waals surface area contributed by atoms with Gasteiger partial charge in [-0.3, -0.25) is 9.59 Å². The molecular weight excluding hydrogens is 248 g/mol. The van der Waals surface area contributed by atoms with E-state index in [0.717, 1.165) is 6.42 Å². The topological polar surface area (TPSA) is 72.8 Å². The second-order valence-electron chi connectivity index (χ2n) is 4.96. The predicted octanol–water partition coefficient (Wildman–Crippen LogP) is 2.20. The summed E-state index contributed by atoms with van der Waals surface area (Å²) in [6.45, 7) is 7.25. The molecule has 0 rings (SSSR count). The summed E-state index contributed by atoms with van der Waals surface area (Å²) in [5.74, 6) is -0.714. The Balaban J connectivity index is 4.23. The van der Waals surface area contributed by atoms with Crippen molar-refractivity contribution in [3.63, 3.8) is 0 Å². The fraction of sp³-hybridized carbons (Fsp3) is 0.857. The van der Waals surface area contributed by atoms with Gasteiger partial charge in [0.2, 0.25) is 0 Å². The van der Waals surface area contributed by atoms with Gasteiger partial charge in [-0.15, -0.1) is 0 Å². The number of carbonyl (C=O) groups excluding carboxylic acids is 2. The van der Waals surface area contributed by atoms with Crippen LogP contribution in [0.25, 0.3) is 0 Å². The average Bonchev–Trinajstić information content (AvgIpc) is 2.36. The molecule has 0 fully saturated rings. The van der Waals surface area contributed by atoms with Crippen molar-refractivity contribution in [3.8, 4) is 0 Å². The van der Waals surface area contributed by atoms with Crippen LogP contribution in [-0.2, 0) is 19.1 Å². The zero-order valence-corrected chi connectivity index (χ0v) is 12.4. The van der Waals surface area contributed by atoms with E-state index in [-0.39, 0.29) is 31.5 Å². The van der Waals surface area contributed by atoms with Crippen LogP contribution in [0, 0.1) is 0 Å². The van der Waals surface area contributed by atoms with Crippen molar-refractivity contribution >= 4 is 11.9 Å². The van der Waals surface area contributed by atoms with E-state index in [1.807, 2.05) is 20.8 Å². The van der Waals surface area contributed by atoms with Crippen LogP contribution in [0.15, 0.2) is 0 Å². The molecule has 0 bridgehead atoms. The van der Waals surface area contributed by atoms with Gasteiger partial charge in [0, 0.05) is 6.42 Å². The second-order valence-corrected chi connectivity index (χ2v) is 4.96. The molecule has 0 spiro atoms. The first-order chi connectivity index (χ1) is 8.86. The van der Waals surface area contributed by atoms with Crippen molar-refractivity contribution < 1.29 is 24.2 Å². The lowest BCUT2D eigenvalue weighted by Gasteiger charge is -2.28. The highest BCUT2D eigenvalue weighted by Gasteiger charge is 2.27. The fourth-order valence-corrected chi connectivity index (χ4v) is 1.45. The maximum atomic E-state index is 11.6. The Morgan fingerprint density at radius 3 is 2.32 bits per heavy atom. The molecule has 5 heteroatoms. The Bertz CT molecular complexity index is 290. The van der Waals surface area contributed by atoms with Gasteiger partial charge in [0.15, 0.2) is 0 Å². The monoisotopic (exact) mass is 274 g/mol. The standard InChI is InChI=1S/C14H26O5/c1-5-11(3)18-12(16)7-9-14(4,6-2)19-13(17)8-10-15/h11,15H,5-10H2,1-4H3. The number of esters is 2. The maximum Gasteiger partial charge on any atom is 0.308 e. The van der Waals surface area contributed by atoms with E-state index in [4.69, 9.17) is 14.6 Å². The average molecular weight is 274 g/mol. The number of ether oxygens (including phenoxy) is 2. The van der Waals surface area contributed by atoms with Crippen LogP contribution in [0.3, 0.4) is 0 Å². The summed E-state index contributed by atoms with van der Waals surface area (Å²) in [6, 6.07) is 0. The molecule has 0 aromatic rings. The van der Waals surface area contributed by atoms with Crippen LogP contribution >= 0.6 is 0 Å². The molecule has 19 heavy (non-hydrogen) atoms. The lowest BCUT2D eigenvalue weighted by atomic mass is 9.96. The number of aliphatic hydroxyl groups is 1. The van der Waals surface area contributed by atoms with Gasteiger partial charge in [-0.05, 0) is 33.1 Å². The van der Waals surface area contributed by atoms with Crippen LogP contribution in [0.5, 0.6) is 0 Å². The SMILES string of the molecule is CCC(C)OC(=O)CCC(C)(CC)OC(=O)CCO. The lowest BCUT2D eigenvalue weighted by Crippen LogP contribution is -2.32. The molecule has 0 saturated heterocycles. The van der Waals surface area contributed by atoms with Crippen LogP contribution in [-0.4, -0.2) is 35.4 Å². The highest BCUT2D eigenvalue weighted by atomic mass is 16.6. The summed E-state index contributed by atoms with van der Waals surface area (Å²) in [4.78, 5) is 23.0. The van der Waals surface area contributed by atoms with Gasteiger partial charge >= 0.3 is 11.9 Å². The Kier molecular flexibility index (Phi) is 8.39. The van der Waals surface area contributed by atoms with Crippen molar-refractivity contribution in [1.82, 2.24) is 0 Å². The van der Waals surface area contributed by atoms with Crippen molar-refractivity contribution in [3.05, 3.63) is 0 Å². The molecule has 2 unspecified atom stereocenters. The normalized spacial score (nSPS) is 15.4. The van der Waals surface area contributed by atoms with Gasteiger partial charge < -0.3 is 14.6 Å². The number of hydrogen-bond acceptors (Lipinski definition) is 5. The minimum absolute atomic E-state index is 0.0209. The van der Waals surface area contributed by atoms with Gasteiger partial charge in [-0.1, -0.05) is 13.8 Å². The molecule has 0 aliphatic heterocycles. The minimum Gasteiger partial charge on any atom is -0.463 e. The minimum atomic E-state index is -0.680. The van der Waals surface area contributed by atoms with Crippen molar-refractivity contribution in [2.24, 2.45) is 0 Å². The Hall–Kier alpha value is -1.10. The first kappa shape index (κ1) is 17.9. The van der Waals surface area contributed by atoms with Crippen molar-refractivity contribution in [2.75, 3.05) is 6.61 Å². The Morgan fingerprint density at radius 2 is 1.84 bits per heavy atom. The third-order valence-corrected chi connectivity index (χ3v) is 3.19. The maximum absolute atomic E-state index is 11.6.